The Bertz CT molecular complexity index is 172. The van der Waals surface area contributed by atoms with Crippen molar-refractivity contribution in [1.82, 2.24) is 4.90 Å². The molecule has 0 aromatic rings. The number of alkyl halides is 1. The molecule has 0 amide bonds. The second-order valence-electron chi connectivity index (χ2n) is 2.89. The zero-order valence-corrected chi connectivity index (χ0v) is 10.9. The van der Waals surface area contributed by atoms with E-state index in [1.165, 1.54) is 5.57 Å². The van der Waals surface area contributed by atoms with Crippen LogP contribution in [0.3, 0.4) is 0 Å². The molecular formula is C8H16ClIN2. The van der Waals surface area contributed by atoms with Crippen LogP contribution in [-0.4, -0.2) is 48.3 Å². The fourth-order valence-corrected chi connectivity index (χ4v) is 1.16. The van der Waals surface area contributed by atoms with Crippen LogP contribution in [0, 0.1) is 0 Å². The van der Waals surface area contributed by atoms with Crippen molar-refractivity contribution >= 4 is 28.8 Å². The van der Waals surface area contributed by atoms with Crippen molar-refractivity contribution in [3.05, 3.63) is 11.8 Å². The first-order chi connectivity index (χ1) is 5.06. The lowest BCUT2D eigenvalue weighted by molar-refractivity contribution is -0.458. The van der Waals surface area contributed by atoms with Crippen molar-refractivity contribution in [2.75, 3.05) is 32.6 Å². The van der Waals surface area contributed by atoms with Crippen LogP contribution < -0.4 is 12.4 Å². The predicted octanol–water partition coefficient (Wildman–Crippen LogP) is -1.79. The van der Waals surface area contributed by atoms with Crippen LogP contribution in [0.5, 0.6) is 0 Å². The fraction of sp³-hybridized carbons (Fsp3) is 0.625. The highest BCUT2D eigenvalue weighted by molar-refractivity contribution is 14.1. The smallest absolute Gasteiger partial charge is 0.168 e. The van der Waals surface area contributed by atoms with Crippen molar-refractivity contribution in [2.45, 2.75) is 0 Å². The van der Waals surface area contributed by atoms with E-state index in [0.717, 1.165) is 4.43 Å². The molecular weight excluding hydrogens is 286 g/mol. The van der Waals surface area contributed by atoms with E-state index in [9.17, 15) is 0 Å². The van der Waals surface area contributed by atoms with Crippen LogP contribution in [0.2, 0.25) is 0 Å². The van der Waals surface area contributed by atoms with Crippen LogP contribution in [0.15, 0.2) is 11.8 Å². The summed E-state index contributed by atoms with van der Waals surface area (Å²) in [5, 5.41) is 0. The van der Waals surface area contributed by atoms with E-state index in [1.54, 1.807) is 0 Å². The minimum atomic E-state index is 0. The molecule has 0 aromatic heterocycles. The third-order valence-corrected chi connectivity index (χ3v) is 1.88. The van der Waals surface area contributed by atoms with E-state index in [2.05, 4.69) is 44.5 Å². The van der Waals surface area contributed by atoms with Gasteiger partial charge in [0.2, 0.25) is 0 Å². The Morgan fingerprint density at radius 3 is 2.17 bits per heavy atom. The highest BCUT2D eigenvalue weighted by atomic mass is 127. The van der Waals surface area contributed by atoms with Gasteiger partial charge in [-0.1, -0.05) is 22.6 Å². The Kier molecular flexibility index (Phi) is 9.65. The van der Waals surface area contributed by atoms with E-state index in [0.29, 0.717) is 0 Å². The van der Waals surface area contributed by atoms with Crippen LogP contribution in [0.1, 0.15) is 0 Å². The van der Waals surface area contributed by atoms with Gasteiger partial charge in [0.05, 0.1) is 0 Å². The SMILES string of the molecule is CN(C)C=C(C=[N+](C)C)CI.[Cl-]. The number of hydrogen-bond acceptors (Lipinski definition) is 1. The Labute approximate surface area is 94.9 Å². The zero-order chi connectivity index (χ0) is 8.85. The number of allylic oxidation sites excluding steroid dienone is 1. The van der Waals surface area contributed by atoms with Gasteiger partial charge in [-0.05, 0) is 0 Å². The lowest BCUT2D eigenvalue weighted by Gasteiger charge is -2.04. The molecule has 0 heterocycles. The van der Waals surface area contributed by atoms with Gasteiger partial charge in [-0.25, -0.2) is 4.58 Å². The first kappa shape index (κ1) is 14.7. The Morgan fingerprint density at radius 1 is 1.42 bits per heavy atom. The molecule has 0 aliphatic heterocycles. The van der Waals surface area contributed by atoms with E-state index < -0.39 is 0 Å². The molecule has 0 unspecified atom stereocenters. The summed E-state index contributed by atoms with van der Waals surface area (Å²) in [4.78, 5) is 2.06. The van der Waals surface area contributed by atoms with Crippen LogP contribution in [0.4, 0.5) is 0 Å². The summed E-state index contributed by atoms with van der Waals surface area (Å²) in [6.45, 7) is 0. The van der Waals surface area contributed by atoms with Gasteiger partial charge in [0.25, 0.3) is 0 Å². The summed E-state index contributed by atoms with van der Waals surface area (Å²) < 4.78 is 3.11. The molecule has 72 valence electrons. The van der Waals surface area contributed by atoms with E-state index in [4.69, 9.17) is 0 Å². The zero-order valence-electron chi connectivity index (χ0n) is 8.01. The molecule has 0 N–H and O–H groups in total. The van der Waals surface area contributed by atoms with Crippen molar-refractivity contribution in [3.8, 4) is 0 Å². The fourth-order valence-electron chi connectivity index (χ4n) is 0.766. The van der Waals surface area contributed by atoms with Crippen LogP contribution >= 0.6 is 22.6 Å². The molecule has 0 rings (SSSR count). The average Bonchev–Trinajstić information content (AvgIpc) is 1.84. The number of nitrogens with zero attached hydrogens (tertiary/aromatic N) is 2. The van der Waals surface area contributed by atoms with Crippen LogP contribution in [-0.2, 0) is 0 Å². The maximum Gasteiger partial charge on any atom is 0.168 e. The largest absolute Gasteiger partial charge is 1.00 e. The molecule has 0 radical (unpaired) electrons. The molecule has 0 fully saturated rings. The summed E-state index contributed by atoms with van der Waals surface area (Å²) in [7, 11) is 8.15. The molecule has 12 heavy (non-hydrogen) atoms. The van der Waals surface area contributed by atoms with Crippen LogP contribution in [0.25, 0.3) is 0 Å². The van der Waals surface area contributed by atoms with E-state index in [-0.39, 0.29) is 12.4 Å². The van der Waals surface area contributed by atoms with Gasteiger partial charge in [0, 0.05) is 30.3 Å². The second kappa shape index (κ2) is 7.86. The highest BCUT2D eigenvalue weighted by Crippen LogP contribution is 1.97. The van der Waals surface area contributed by atoms with Crippen molar-refractivity contribution in [3.63, 3.8) is 0 Å². The minimum Gasteiger partial charge on any atom is -1.00 e. The number of hydrogen-bond donors (Lipinski definition) is 0. The molecule has 0 atom stereocenters. The third kappa shape index (κ3) is 8.33. The van der Waals surface area contributed by atoms with Gasteiger partial charge in [-0.15, -0.1) is 0 Å². The van der Waals surface area contributed by atoms with Gasteiger partial charge in [0.15, 0.2) is 6.21 Å². The van der Waals surface area contributed by atoms with Gasteiger partial charge in [0.1, 0.15) is 14.1 Å². The second-order valence-corrected chi connectivity index (χ2v) is 3.66. The first-order valence-corrected chi connectivity index (χ1v) is 5.03. The summed E-state index contributed by atoms with van der Waals surface area (Å²) >= 11 is 2.36. The lowest BCUT2D eigenvalue weighted by atomic mass is 10.3. The highest BCUT2D eigenvalue weighted by Gasteiger charge is 1.95. The predicted molar refractivity (Wildman–Crippen MR) is 58.8 cm³/mol. The molecule has 0 spiro atoms. The summed E-state index contributed by atoms with van der Waals surface area (Å²) in [6, 6.07) is 0. The first-order valence-electron chi connectivity index (χ1n) is 3.50. The summed E-state index contributed by atoms with van der Waals surface area (Å²) in [5.74, 6) is 0. The standard InChI is InChI=1S/C8H16IN2.ClH/c1-10(2)6-8(5-9)7-11(3)4;/h6-7H,5H2,1-4H3;1H/q+1;/p-1. The molecule has 4 heteroatoms. The molecule has 2 nitrogen and oxygen atoms in total. The summed E-state index contributed by atoms with van der Waals surface area (Å²) in [6.07, 6.45) is 4.26. The van der Waals surface area contributed by atoms with Gasteiger partial charge in [-0.2, -0.15) is 0 Å². The van der Waals surface area contributed by atoms with Gasteiger partial charge < -0.3 is 17.3 Å². The van der Waals surface area contributed by atoms with Gasteiger partial charge in [-0.3, -0.25) is 0 Å². The van der Waals surface area contributed by atoms with Crippen molar-refractivity contribution in [1.29, 1.82) is 0 Å². The molecule has 0 bridgehead atoms. The summed E-state index contributed by atoms with van der Waals surface area (Å²) in [5.41, 5.74) is 1.33. The maximum atomic E-state index is 2.36. The topological polar surface area (TPSA) is 6.25 Å². The molecule has 0 aliphatic rings. The monoisotopic (exact) mass is 302 g/mol. The number of halogens is 2. The van der Waals surface area contributed by atoms with Crippen molar-refractivity contribution < 1.29 is 17.0 Å². The van der Waals surface area contributed by atoms with E-state index >= 15 is 0 Å². The minimum absolute atomic E-state index is 0. The average molecular weight is 303 g/mol. The maximum absolute atomic E-state index is 2.36. The van der Waals surface area contributed by atoms with Crippen molar-refractivity contribution in [2.24, 2.45) is 0 Å². The Hall–Kier alpha value is 0.230. The molecule has 0 aromatic carbocycles. The third-order valence-electron chi connectivity index (χ3n) is 1.00. The van der Waals surface area contributed by atoms with Gasteiger partial charge >= 0.3 is 0 Å². The quantitative estimate of drug-likeness (QED) is 0.258. The lowest BCUT2D eigenvalue weighted by Crippen LogP contribution is -3.00. The number of rotatable bonds is 3. The molecule has 0 aliphatic carbocycles. The molecule has 0 saturated carbocycles. The Morgan fingerprint density at radius 2 is 1.92 bits per heavy atom. The van der Waals surface area contributed by atoms with E-state index in [1.807, 2.05) is 28.2 Å². The Balaban J connectivity index is 0. The normalized spacial score (nSPS) is 10.2. The molecule has 0 saturated heterocycles.